The molecule has 7 heteroatoms. The van der Waals surface area contributed by atoms with Crippen LogP contribution in [0.15, 0.2) is 0 Å². The highest BCUT2D eigenvalue weighted by Gasteiger charge is 2.50. The molecule has 1 aromatic rings. The van der Waals surface area contributed by atoms with E-state index in [1.165, 1.54) is 6.26 Å². The van der Waals surface area contributed by atoms with Crippen LogP contribution >= 0.6 is 11.3 Å². The van der Waals surface area contributed by atoms with Crippen LogP contribution in [0.1, 0.15) is 39.6 Å². The minimum Gasteiger partial charge on any atom is -0.477 e. The molecule has 94 valence electrons. The Kier molecular flexibility index (Phi) is 2.78. The topological polar surface area (TPSA) is 84.3 Å². The molecule has 5 nitrogen and oxygen atoms in total. The maximum Gasteiger partial charge on any atom is 0.347 e. The summed E-state index contributed by atoms with van der Waals surface area (Å²) in [5, 5.41) is 9.39. The normalized spacial score (nSPS) is 18.7. The van der Waals surface area contributed by atoms with E-state index in [4.69, 9.17) is 5.11 Å². The summed E-state index contributed by atoms with van der Waals surface area (Å²) in [6.45, 7) is 1.60. The Bertz CT molecular complexity index is 569. The number of aromatic nitrogens is 1. The van der Waals surface area contributed by atoms with Crippen LogP contribution in [0, 0.1) is 6.92 Å². The summed E-state index contributed by atoms with van der Waals surface area (Å²) < 4.78 is 22.8. The number of carboxylic acid groups (broad SMARTS) is 1. The fourth-order valence-corrected chi connectivity index (χ4v) is 5.05. The molecule has 1 N–H and O–H groups in total. The molecule has 1 aliphatic rings. The van der Waals surface area contributed by atoms with Gasteiger partial charge in [-0.15, -0.1) is 11.3 Å². The third kappa shape index (κ3) is 1.77. The lowest BCUT2D eigenvalue weighted by Crippen LogP contribution is -2.41. The molecule has 1 saturated carbocycles. The van der Waals surface area contributed by atoms with Crippen molar-refractivity contribution in [2.24, 2.45) is 0 Å². The Morgan fingerprint density at radius 2 is 2.06 bits per heavy atom. The minimum atomic E-state index is -3.25. The van der Waals surface area contributed by atoms with Gasteiger partial charge in [0, 0.05) is 6.26 Å². The molecule has 0 bridgehead atoms. The van der Waals surface area contributed by atoms with E-state index >= 15 is 0 Å². The van der Waals surface area contributed by atoms with E-state index in [1.807, 2.05) is 0 Å². The lowest BCUT2D eigenvalue weighted by molar-refractivity contribution is 0.0701. The SMILES string of the molecule is Cc1nc(C2(S(C)(=O)=O)CCC2)sc1C(=O)O. The van der Waals surface area contributed by atoms with E-state index < -0.39 is 20.6 Å². The summed E-state index contributed by atoms with van der Waals surface area (Å²) in [7, 11) is -3.25. The third-order valence-electron chi connectivity index (χ3n) is 3.25. The zero-order valence-electron chi connectivity index (χ0n) is 9.56. The summed E-state index contributed by atoms with van der Waals surface area (Å²) in [5.74, 6) is -1.05. The lowest BCUT2D eigenvalue weighted by Gasteiger charge is -2.37. The Morgan fingerprint density at radius 1 is 1.47 bits per heavy atom. The number of hydrogen-bond donors (Lipinski definition) is 1. The molecule has 1 fully saturated rings. The highest BCUT2D eigenvalue weighted by Crippen LogP contribution is 2.49. The van der Waals surface area contributed by atoms with Gasteiger partial charge in [-0.25, -0.2) is 18.2 Å². The fourth-order valence-electron chi connectivity index (χ4n) is 2.03. The van der Waals surface area contributed by atoms with Gasteiger partial charge in [-0.05, 0) is 26.2 Å². The first-order chi connectivity index (χ1) is 7.78. The summed E-state index contributed by atoms with van der Waals surface area (Å²) in [6.07, 6.45) is 3.12. The molecule has 0 spiro atoms. The van der Waals surface area contributed by atoms with Crippen LogP contribution < -0.4 is 0 Å². The Hall–Kier alpha value is -0.950. The highest BCUT2D eigenvalue weighted by molar-refractivity contribution is 7.91. The summed E-state index contributed by atoms with van der Waals surface area (Å²) >= 11 is 0.987. The average Bonchev–Trinajstić information content (AvgIpc) is 2.42. The summed E-state index contributed by atoms with van der Waals surface area (Å²) in [6, 6.07) is 0. The van der Waals surface area contributed by atoms with Gasteiger partial charge in [0.2, 0.25) is 0 Å². The van der Waals surface area contributed by atoms with Crippen LogP contribution in [0.4, 0.5) is 0 Å². The quantitative estimate of drug-likeness (QED) is 0.905. The molecule has 1 aliphatic carbocycles. The van der Waals surface area contributed by atoms with Crippen molar-refractivity contribution >= 4 is 27.1 Å². The Balaban J connectivity index is 2.54. The number of carbonyl (C=O) groups is 1. The van der Waals surface area contributed by atoms with Gasteiger partial charge in [-0.2, -0.15) is 0 Å². The first kappa shape index (κ1) is 12.5. The van der Waals surface area contributed by atoms with Gasteiger partial charge in [0.25, 0.3) is 0 Å². The van der Waals surface area contributed by atoms with Crippen LogP contribution in [0.5, 0.6) is 0 Å². The minimum absolute atomic E-state index is 0.134. The molecule has 17 heavy (non-hydrogen) atoms. The van der Waals surface area contributed by atoms with E-state index in [-0.39, 0.29) is 4.88 Å². The second-order valence-corrected chi connectivity index (χ2v) is 7.68. The monoisotopic (exact) mass is 275 g/mol. The number of thiazole rings is 1. The average molecular weight is 275 g/mol. The second kappa shape index (κ2) is 3.78. The molecule has 1 heterocycles. The molecule has 0 aromatic carbocycles. The Labute approximate surface area is 103 Å². The number of aryl methyl sites for hydroxylation is 1. The van der Waals surface area contributed by atoms with E-state index in [2.05, 4.69) is 4.98 Å². The van der Waals surface area contributed by atoms with Gasteiger partial charge in [-0.3, -0.25) is 0 Å². The highest BCUT2D eigenvalue weighted by atomic mass is 32.2. The molecule has 0 radical (unpaired) electrons. The first-order valence-corrected chi connectivity index (χ1v) is 7.89. The number of aromatic carboxylic acids is 1. The smallest absolute Gasteiger partial charge is 0.347 e. The van der Waals surface area contributed by atoms with Crippen LogP contribution in [0.25, 0.3) is 0 Å². The van der Waals surface area contributed by atoms with Crippen molar-refractivity contribution < 1.29 is 18.3 Å². The number of sulfone groups is 1. The van der Waals surface area contributed by atoms with Gasteiger partial charge in [0.15, 0.2) is 9.84 Å². The number of nitrogens with zero attached hydrogens (tertiary/aromatic N) is 1. The van der Waals surface area contributed by atoms with Crippen LogP contribution in [0.2, 0.25) is 0 Å². The maximum absolute atomic E-state index is 11.8. The van der Waals surface area contributed by atoms with Gasteiger partial charge < -0.3 is 5.11 Å². The molecule has 2 rings (SSSR count). The van der Waals surface area contributed by atoms with E-state index in [0.29, 0.717) is 23.5 Å². The van der Waals surface area contributed by atoms with Crippen molar-refractivity contribution in [2.75, 3.05) is 6.26 Å². The van der Waals surface area contributed by atoms with Gasteiger partial charge in [0.05, 0.1) is 5.69 Å². The lowest BCUT2D eigenvalue weighted by atomic mass is 9.85. The van der Waals surface area contributed by atoms with Gasteiger partial charge in [-0.1, -0.05) is 0 Å². The maximum atomic E-state index is 11.8. The zero-order valence-corrected chi connectivity index (χ0v) is 11.2. The number of carboxylic acids is 1. The Morgan fingerprint density at radius 3 is 2.35 bits per heavy atom. The van der Waals surface area contributed by atoms with Crippen molar-refractivity contribution in [2.45, 2.75) is 30.9 Å². The van der Waals surface area contributed by atoms with Crippen LogP contribution in [-0.4, -0.2) is 30.7 Å². The van der Waals surface area contributed by atoms with Crippen molar-refractivity contribution in [3.05, 3.63) is 15.6 Å². The number of rotatable bonds is 3. The zero-order chi connectivity index (χ0) is 12.8. The molecule has 0 saturated heterocycles. The molecular formula is C10H13NO4S2. The van der Waals surface area contributed by atoms with Crippen LogP contribution in [-0.2, 0) is 14.6 Å². The first-order valence-electron chi connectivity index (χ1n) is 5.19. The van der Waals surface area contributed by atoms with Crippen molar-refractivity contribution in [3.8, 4) is 0 Å². The van der Waals surface area contributed by atoms with E-state index in [1.54, 1.807) is 6.92 Å². The largest absolute Gasteiger partial charge is 0.477 e. The fraction of sp³-hybridized carbons (Fsp3) is 0.600. The molecule has 0 aliphatic heterocycles. The van der Waals surface area contributed by atoms with Crippen molar-refractivity contribution in [1.82, 2.24) is 4.98 Å². The van der Waals surface area contributed by atoms with E-state index in [0.717, 1.165) is 17.8 Å². The summed E-state index contributed by atoms with van der Waals surface area (Å²) in [5.41, 5.74) is 0.396. The van der Waals surface area contributed by atoms with E-state index in [9.17, 15) is 13.2 Å². The van der Waals surface area contributed by atoms with Gasteiger partial charge in [0.1, 0.15) is 14.6 Å². The van der Waals surface area contributed by atoms with Crippen molar-refractivity contribution in [1.29, 1.82) is 0 Å². The molecule has 1 aromatic heterocycles. The standard InChI is InChI=1S/C10H13NO4S2/c1-6-7(8(12)13)16-9(11-6)10(4-3-5-10)17(2,14)15/h3-5H2,1-2H3,(H,12,13). The molecule has 0 amide bonds. The van der Waals surface area contributed by atoms with Crippen molar-refractivity contribution in [3.63, 3.8) is 0 Å². The predicted molar refractivity (Wildman–Crippen MR) is 64.2 cm³/mol. The molecule has 0 unspecified atom stereocenters. The molecule has 0 atom stereocenters. The summed E-state index contributed by atoms with van der Waals surface area (Å²) in [4.78, 5) is 15.2. The predicted octanol–water partition coefficient (Wildman–Crippen LogP) is 1.57. The van der Waals surface area contributed by atoms with Gasteiger partial charge >= 0.3 is 5.97 Å². The second-order valence-electron chi connectivity index (χ2n) is 4.36. The van der Waals surface area contributed by atoms with Crippen LogP contribution in [0.3, 0.4) is 0 Å². The molecular weight excluding hydrogens is 262 g/mol. The third-order valence-corrected chi connectivity index (χ3v) is 6.75. The number of hydrogen-bond acceptors (Lipinski definition) is 5.